The second kappa shape index (κ2) is 7.32. The Kier molecular flexibility index (Phi) is 5.58. The van der Waals surface area contributed by atoms with E-state index in [0.717, 1.165) is 12.1 Å². The van der Waals surface area contributed by atoms with Gasteiger partial charge in [0.05, 0.1) is 16.1 Å². The molecule has 0 spiro atoms. The Morgan fingerprint density at radius 1 is 1.08 bits per heavy atom. The molecule has 0 aliphatic rings. The first kappa shape index (κ1) is 19.1. The van der Waals surface area contributed by atoms with Gasteiger partial charge in [-0.1, -0.05) is 17.7 Å². The van der Waals surface area contributed by atoms with Crippen molar-refractivity contribution in [1.29, 1.82) is 0 Å². The fourth-order valence-corrected chi connectivity index (χ4v) is 2.32. The highest BCUT2D eigenvalue weighted by molar-refractivity contribution is 7.80. The number of rotatable bonds is 2. The average Bonchev–Trinajstić information content (AvgIpc) is 2.45. The molecule has 0 saturated carbocycles. The molecule has 2 aromatic carbocycles. The van der Waals surface area contributed by atoms with Crippen LogP contribution in [-0.4, -0.2) is 11.0 Å². The number of benzene rings is 2. The lowest BCUT2D eigenvalue weighted by atomic mass is 10.2. The van der Waals surface area contributed by atoms with Gasteiger partial charge in [-0.3, -0.25) is 10.1 Å². The minimum absolute atomic E-state index is 0.129. The maximum atomic E-state index is 13.6. The highest BCUT2D eigenvalue weighted by atomic mass is 35.5. The lowest BCUT2D eigenvalue weighted by Crippen LogP contribution is -2.34. The molecular formula is C15H8ClF5N2OS. The second-order valence-electron chi connectivity index (χ2n) is 4.70. The molecule has 1 amide bonds. The van der Waals surface area contributed by atoms with E-state index in [-0.39, 0.29) is 15.8 Å². The van der Waals surface area contributed by atoms with Crippen molar-refractivity contribution in [2.75, 3.05) is 5.32 Å². The SMILES string of the molecule is O=C(NC(=S)Nc1ccc(C(F)(F)F)c(F)c1)c1c(F)cccc1Cl. The summed E-state index contributed by atoms with van der Waals surface area (Å²) in [5.41, 5.74) is -2.02. The molecule has 0 aliphatic heterocycles. The largest absolute Gasteiger partial charge is 0.419 e. The maximum Gasteiger partial charge on any atom is 0.419 e. The Morgan fingerprint density at radius 3 is 2.32 bits per heavy atom. The van der Waals surface area contributed by atoms with Gasteiger partial charge in [0.1, 0.15) is 11.6 Å². The molecule has 0 heterocycles. The van der Waals surface area contributed by atoms with Gasteiger partial charge >= 0.3 is 6.18 Å². The van der Waals surface area contributed by atoms with E-state index in [1.165, 1.54) is 12.1 Å². The van der Waals surface area contributed by atoms with Gasteiger partial charge in [0.2, 0.25) is 0 Å². The molecule has 0 atom stereocenters. The van der Waals surface area contributed by atoms with Crippen molar-refractivity contribution in [2.24, 2.45) is 0 Å². The molecular weight excluding hydrogens is 387 g/mol. The van der Waals surface area contributed by atoms with E-state index in [4.69, 9.17) is 23.8 Å². The first-order valence-corrected chi connectivity index (χ1v) is 7.31. The topological polar surface area (TPSA) is 41.1 Å². The first-order chi connectivity index (χ1) is 11.6. The molecule has 0 bridgehead atoms. The molecule has 0 fully saturated rings. The van der Waals surface area contributed by atoms with Gasteiger partial charge in [0, 0.05) is 5.69 Å². The molecule has 10 heteroatoms. The Morgan fingerprint density at radius 2 is 1.76 bits per heavy atom. The molecule has 0 unspecified atom stereocenters. The van der Waals surface area contributed by atoms with Crippen LogP contribution in [0, 0.1) is 11.6 Å². The Balaban J connectivity index is 2.10. The third-order valence-electron chi connectivity index (χ3n) is 2.95. The van der Waals surface area contributed by atoms with E-state index in [1.54, 1.807) is 0 Å². The summed E-state index contributed by atoms with van der Waals surface area (Å²) in [6.07, 6.45) is -4.83. The average molecular weight is 395 g/mol. The Hall–Kier alpha value is -2.26. The van der Waals surface area contributed by atoms with Crippen LogP contribution in [0.15, 0.2) is 36.4 Å². The summed E-state index contributed by atoms with van der Waals surface area (Å²) < 4.78 is 64.6. The van der Waals surface area contributed by atoms with E-state index < -0.39 is 34.8 Å². The molecule has 3 nitrogen and oxygen atoms in total. The molecule has 25 heavy (non-hydrogen) atoms. The fourth-order valence-electron chi connectivity index (χ4n) is 1.87. The zero-order valence-corrected chi connectivity index (χ0v) is 13.6. The second-order valence-corrected chi connectivity index (χ2v) is 5.51. The number of carbonyl (C=O) groups excluding carboxylic acids is 1. The number of nitrogens with one attached hydrogen (secondary N) is 2. The number of anilines is 1. The number of alkyl halides is 3. The van der Waals surface area contributed by atoms with Crippen molar-refractivity contribution >= 4 is 40.5 Å². The lowest BCUT2D eigenvalue weighted by Gasteiger charge is -2.12. The summed E-state index contributed by atoms with van der Waals surface area (Å²) in [6, 6.07) is 5.63. The normalized spacial score (nSPS) is 11.1. The zero-order chi connectivity index (χ0) is 18.8. The predicted molar refractivity (Wildman–Crippen MR) is 86.5 cm³/mol. The van der Waals surface area contributed by atoms with Crippen LogP contribution in [0.1, 0.15) is 15.9 Å². The van der Waals surface area contributed by atoms with Crippen LogP contribution in [0.5, 0.6) is 0 Å². The minimum atomic E-state index is -4.83. The van der Waals surface area contributed by atoms with Crippen LogP contribution in [0.3, 0.4) is 0 Å². The molecule has 2 aromatic rings. The van der Waals surface area contributed by atoms with Crippen LogP contribution < -0.4 is 10.6 Å². The third-order valence-corrected chi connectivity index (χ3v) is 3.47. The zero-order valence-electron chi connectivity index (χ0n) is 12.0. The van der Waals surface area contributed by atoms with Gasteiger partial charge in [0.25, 0.3) is 5.91 Å². The van der Waals surface area contributed by atoms with Gasteiger partial charge in [-0.15, -0.1) is 0 Å². The van der Waals surface area contributed by atoms with Crippen LogP contribution in [0.2, 0.25) is 5.02 Å². The van der Waals surface area contributed by atoms with Crippen LogP contribution in [0.4, 0.5) is 27.6 Å². The van der Waals surface area contributed by atoms with Gasteiger partial charge in [0.15, 0.2) is 5.11 Å². The summed E-state index contributed by atoms with van der Waals surface area (Å²) in [4.78, 5) is 12.0. The van der Waals surface area contributed by atoms with Crippen molar-refractivity contribution < 1.29 is 26.7 Å². The molecule has 0 radical (unpaired) electrons. The summed E-state index contributed by atoms with van der Waals surface area (Å²) in [7, 11) is 0. The molecule has 0 aliphatic carbocycles. The summed E-state index contributed by atoms with van der Waals surface area (Å²) in [5, 5.41) is 3.91. The van der Waals surface area contributed by atoms with Crippen molar-refractivity contribution in [3.63, 3.8) is 0 Å². The third kappa shape index (κ3) is 4.64. The van der Waals surface area contributed by atoms with Crippen LogP contribution in [0.25, 0.3) is 0 Å². The summed E-state index contributed by atoms with van der Waals surface area (Å²) in [6.45, 7) is 0. The van der Waals surface area contributed by atoms with Gasteiger partial charge in [-0.25, -0.2) is 8.78 Å². The molecule has 0 saturated heterocycles. The van der Waals surface area contributed by atoms with Crippen molar-refractivity contribution in [2.45, 2.75) is 6.18 Å². The number of amides is 1. The molecule has 2 rings (SSSR count). The number of carbonyl (C=O) groups is 1. The number of hydrogen-bond acceptors (Lipinski definition) is 2. The molecule has 132 valence electrons. The molecule has 0 aromatic heterocycles. The van der Waals surface area contributed by atoms with E-state index in [2.05, 4.69) is 10.6 Å². The Bertz CT molecular complexity index is 821. The summed E-state index contributed by atoms with van der Waals surface area (Å²) in [5.74, 6) is -3.36. The van der Waals surface area contributed by atoms with E-state index in [9.17, 15) is 26.7 Å². The highest BCUT2D eigenvalue weighted by Crippen LogP contribution is 2.32. The van der Waals surface area contributed by atoms with E-state index in [0.29, 0.717) is 12.1 Å². The van der Waals surface area contributed by atoms with Gasteiger partial charge in [-0.05, 0) is 42.5 Å². The fraction of sp³-hybridized carbons (Fsp3) is 0.0667. The first-order valence-electron chi connectivity index (χ1n) is 6.52. The smallest absolute Gasteiger partial charge is 0.332 e. The van der Waals surface area contributed by atoms with Gasteiger partial charge in [-0.2, -0.15) is 13.2 Å². The van der Waals surface area contributed by atoms with Crippen molar-refractivity contribution in [3.05, 3.63) is 64.2 Å². The van der Waals surface area contributed by atoms with E-state index >= 15 is 0 Å². The number of hydrogen-bond donors (Lipinski definition) is 2. The minimum Gasteiger partial charge on any atom is -0.332 e. The number of thiocarbonyl (C=S) groups is 1. The monoisotopic (exact) mass is 394 g/mol. The Labute approximate surface area is 148 Å². The molecule has 2 N–H and O–H groups in total. The van der Waals surface area contributed by atoms with Crippen LogP contribution >= 0.6 is 23.8 Å². The predicted octanol–water partition coefficient (Wildman–Crippen LogP) is 4.76. The van der Waals surface area contributed by atoms with Crippen molar-refractivity contribution in [1.82, 2.24) is 5.32 Å². The van der Waals surface area contributed by atoms with Gasteiger partial charge < -0.3 is 5.32 Å². The lowest BCUT2D eigenvalue weighted by molar-refractivity contribution is -0.139. The quantitative estimate of drug-likeness (QED) is 0.570. The highest BCUT2D eigenvalue weighted by Gasteiger charge is 2.33. The summed E-state index contributed by atoms with van der Waals surface area (Å²) >= 11 is 10.5. The number of halogens is 6. The standard InChI is InChI=1S/C15H8ClF5N2OS/c16-9-2-1-3-10(17)12(9)13(24)23-14(25)22-7-4-5-8(11(18)6-7)15(19,20)21/h1-6H,(H2,22,23,24,25). The van der Waals surface area contributed by atoms with E-state index in [1.807, 2.05) is 0 Å². The maximum absolute atomic E-state index is 13.6. The van der Waals surface area contributed by atoms with Crippen LogP contribution in [-0.2, 0) is 6.18 Å². The van der Waals surface area contributed by atoms with Crippen molar-refractivity contribution in [3.8, 4) is 0 Å².